The number of rotatable bonds is 3. The molecule has 0 saturated carbocycles. The van der Waals surface area contributed by atoms with E-state index >= 15 is 0 Å². The Morgan fingerprint density at radius 2 is 1.90 bits per heavy atom. The second-order valence-corrected chi connectivity index (χ2v) is 4.82. The van der Waals surface area contributed by atoms with Gasteiger partial charge in [-0.1, -0.05) is 17.7 Å². The molecule has 1 aliphatic rings. The van der Waals surface area contributed by atoms with Crippen LogP contribution >= 0.6 is 0 Å². The van der Waals surface area contributed by atoms with Crippen LogP contribution in [0.15, 0.2) is 47.4 Å². The molecule has 1 heterocycles. The number of anilines is 1. The average molecular weight is 271 g/mol. The van der Waals surface area contributed by atoms with Crippen molar-refractivity contribution in [1.29, 1.82) is 0 Å². The molecule has 1 aromatic rings. The Hall–Kier alpha value is -2.36. The molecular formula is C16H17NO3. The average Bonchev–Trinajstić information content (AvgIpc) is 2.40. The van der Waals surface area contributed by atoms with E-state index in [4.69, 9.17) is 4.74 Å². The standard InChI is InChI=1S/C16H17NO3/c1-10-4-6-13(7-5-10)17-12(3)16-14(19)8-11(2)20-15(16)9-18/h4-9,15,17H,1-3H3. The van der Waals surface area contributed by atoms with Crippen LogP contribution in [0.1, 0.15) is 19.4 Å². The van der Waals surface area contributed by atoms with Crippen molar-refractivity contribution in [3.8, 4) is 0 Å². The maximum atomic E-state index is 12.0. The van der Waals surface area contributed by atoms with Gasteiger partial charge in [-0.3, -0.25) is 9.59 Å². The number of benzene rings is 1. The molecule has 0 aliphatic carbocycles. The highest BCUT2D eigenvalue weighted by molar-refractivity contribution is 6.09. The second kappa shape index (κ2) is 5.74. The van der Waals surface area contributed by atoms with Crippen molar-refractivity contribution in [3.05, 3.63) is 52.9 Å². The van der Waals surface area contributed by atoms with Crippen LogP contribution in [-0.2, 0) is 14.3 Å². The van der Waals surface area contributed by atoms with E-state index in [0.29, 0.717) is 23.3 Å². The van der Waals surface area contributed by atoms with Gasteiger partial charge >= 0.3 is 0 Å². The first-order valence-corrected chi connectivity index (χ1v) is 6.40. The fourth-order valence-electron chi connectivity index (χ4n) is 2.11. The zero-order valence-corrected chi connectivity index (χ0v) is 11.8. The van der Waals surface area contributed by atoms with Crippen molar-refractivity contribution < 1.29 is 14.3 Å². The van der Waals surface area contributed by atoms with E-state index in [1.165, 1.54) is 6.08 Å². The van der Waals surface area contributed by atoms with Crippen LogP contribution in [0.4, 0.5) is 5.69 Å². The molecule has 0 saturated heterocycles. The molecule has 4 heteroatoms. The molecule has 1 aliphatic heterocycles. The van der Waals surface area contributed by atoms with E-state index in [-0.39, 0.29) is 5.78 Å². The predicted octanol–water partition coefficient (Wildman–Crippen LogP) is 2.75. The quantitative estimate of drug-likeness (QED) is 0.678. The number of carbonyl (C=O) groups excluding carboxylic acids is 2. The van der Waals surface area contributed by atoms with E-state index in [2.05, 4.69) is 5.32 Å². The van der Waals surface area contributed by atoms with Crippen LogP contribution in [0.2, 0.25) is 0 Å². The first-order valence-electron chi connectivity index (χ1n) is 6.40. The summed E-state index contributed by atoms with van der Waals surface area (Å²) in [4.78, 5) is 23.1. The van der Waals surface area contributed by atoms with E-state index in [0.717, 1.165) is 11.3 Å². The number of aldehydes is 1. The maximum Gasteiger partial charge on any atom is 0.191 e. The van der Waals surface area contributed by atoms with Crippen molar-refractivity contribution in [1.82, 2.24) is 0 Å². The van der Waals surface area contributed by atoms with E-state index in [1.807, 2.05) is 31.2 Å². The van der Waals surface area contributed by atoms with Gasteiger partial charge < -0.3 is 10.1 Å². The van der Waals surface area contributed by atoms with Gasteiger partial charge in [0.1, 0.15) is 0 Å². The normalized spacial score (nSPS) is 20.9. The molecule has 0 radical (unpaired) electrons. The first kappa shape index (κ1) is 14.1. The Kier molecular flexibility index (Phi) is 4.03. The minimum atomic E-state index is -0.842. The fourth-order valence-corrected chi connectivity index (χ4v) is 2.11. The molecule has 1 atom stereocenters. The van der Waals surface area contributed by atoms with Gasteiger partial charge in [0.05, 0.1) is 11.3 Å². The molecule has 1 aromatic carbocycles. The van der Waals surface area contributed by atoms with Crippen molar-refractivity contribution in [3.63, 3.8) is 0 Å². The minimum Gasteiger partial charge on any atom is -0.482 e. The molecule has 2 rings (SSSR count). The summed E-state index contributed by atoms with van der Waals surface area (Å²) in [6, 6.07) is 7.79. The van der Waals surface area contributed by atoms with Crippen LogP contribution in [-0.4, -0.2) is 18.2 Å². The van der Waals surface area contributed by atoms with Crippen molar-refractivity contribution >= 4 is 17.8 Å². The molecule has 20 heavy (non-hydrogen) atoms. The highest BCUT2D eigenvalue weighted by Crippen LogP contribution is 2.23. The second-order valence-electron chi connectivity index (χ2n) is 4.82. The number of hydrogen-bond acceptors (Lipinski definition) is 4. The summed E-state index contributed by atoms with van der Waals surface area (Å²) >= 11 is 0. The van der Waals surface area contributed by atoms with Gasteiger partial charge in [0.15, 0.2) is 18.2 Å². The molecule has 0 fully saturated rings. The molecule has 0 amide bonds. The zero-order chi connectivity index (χ0) is 14.7. The maximum absolute atomic E-state index is 12.0. The molecule has 1 unspecified atom stereocenters. The smallest absolute Gasteiger partial charge is 0.191 e. The molecular weight excluding hydrogens is 254 g/mol. The predicted molar refractivity (Wildman–Crippen MR) is 77.2 cm³/mol. The Bertz CT molecular complexity index is 597. The lowest BCUT2D eigenvalue weighted by Crippen LogP contribution is -2.28. The largest absolute Gasteiger partial charge is 0.482 e. The Morgan fingerprint density at radius 1 is 1.25 bits per heavy atom. The Morgan fingerprint density at radius 3 is 2.50 bits per heavy atom. The first-order chi connectivity index (χ1) is 9.51. The van der Waals surface area contributed by atoms with Gasteiger partial charge in [0, 0.05) is 17.5 Å². The molecule has 4 nitrogen and oxygen atoms in total. The van der Waals surface area contributed by atoms with Crippen molar-refractivity contribution in [2.24, 2.45) is 0 Å². The lowest BCUT2D eigenvalue weighted by molar-refractivity contribution is -0.120. The number of nitrogens with one attached hydrogen (secondary N) is 1. The number of allylic oxidation sites excluding steroid dienone is 3. The number of hydrogen-bond donors (Lipinski definition) is 1. The van der Waals surface area contributed by atoms with Gasteiger partial charge in [-0.15, -0.1) is 0 Å². The Balaban J connectivity index is 2.32. The van der Waals surface area contributed by atoms with Crippen LogP contribution in [0, 0.1) is 6.92 Å². The zero-order valence-electron chi connectivity index (χ0n) is 11.8. The summed E-state index contributed by atoms with van der Waals surface area (Å²) in [5, 5.41) is 3.14. The van der Waals surface area contributed by atoms with Crippen LogP contribution < -0.4 is 5.32 Å². The topological polar surface area (TPSA) is 55.4 Å². The monoisotopic (exact) mass is 271 g/mol. The summed E-state index contributed by atoms with van der Waals surface area (Å²) < 4.78 is 5.37. The number of ether oxygens (including phenoxy) is 1. The molecule has 0 spiro atoms. The summed E-state index contributed by atoms with van der Waals surface area (Å²) in [5.41, 5.74) is 3.00. The third-order valence-electron chi connectivity index (χ3n) is 3.11. The van der Waals surface area contributed by atoms with Crippen LogP contribution in [0.5, 0.6) is 0 Å². The Labute approximate surface area is 118 Å². The van der Waals surface area contributed by atoms with E-state index < -0.39 is 6.10 Å². The molecule has 0 aromatic heterocycles. The van der Waals surface area contributed by atoms with Crippen LogP contribution in [0.3, 0.4) is 0 Å². The van der Waals surface area contributed by atoms with Crippen molar-refractivity contribution in [2.75, 3.05) is 5.32 Å². The van der Waals surface area contributed by atoms with Gasteiger partial charge in [-0.05, 0) is 32.9 Å². The number of carbonyl (C=O) groups is 2. The fraction of sp³-hybridized carbons (Fsp3) is 0.250. The summed E-state index contributed by atoms with van der Waals surface area (Å²) in [6.07, 6.45) is 1.20. The molecule has 1 N–H and O–H groups in total. The van der Waals surface area contributed by atoms with Gasteiger partial charge in [-0.25, -0.2) is 0 Å². The summed E-state index contributed by atoms with van der Waals surface area (Å²) in [7, 11) is 0. The summed E-state index contributed by atoms with van der Waals surface area (Å²) in [6.45, 7) is 5.43. The lowest BCUT2D eigenvalue weighted by Gasteiger charge is -2.23. The third kappa shape index (κ3) is 2.96. The van der Waals surface area contributed by atoms with Gasteiger partial charge in [-0.2, -0.15) is 0 Å². The lowest BCUT2D eigenvalue weighted by atomic mass is 10.0. The number of ketones is 1. The van der Waals surface area contributed by atoms with Gasteiger partial charge in [0.2, 0.25) is 0 Å². The SMILES string of the molecule is CC1=CC(=O)C(=C(C)Nc2ccc(C)cc2)C(C=O)O1. The molecule has 104 valence electrons. The van der Waals surface area contributed by atoms with E-state index in [1.54, 1.807) is 13.8 Å². The number of aryl methyl sites for hydroxylation is 1. The van der Waals surface area contributed by atoms with Crippen molar-refractivity contribution in [2.45, 2.75) is 26.9 Å². The highest BCUT2D eigenvalue weighted by Gasteiger charge is 2.28. The van der Waals surface area contributed by atoms with Crippen LogP contribution in [0.25, 0.3) is 0 Å². The third-order valence-corrected chi connectivity index (χ3v) is 3.11. The van der Waals surface area contributed by atoms with Gasteiger partial charge in [0.25, 0.3) is 0 Å². The minimum absolute atomic E-state index is 0.192. The van der Waals surface area contributed by atoms with E-state index in [9.17, 15) is 9.59 Å². The molecule has 0 bridgehead atoms. The highest BCUT2D eigenvalue weighted by atomic mass is 16.5. The summed E-state index contributed by atoms with van der Waals surface area (Å²) in [5.74, 6) is 0.266.